The van der Waals surface area contributed by atoms with Gasteiger partial charge in [0.25, 0.3) is 0 Å². The fraction of sp³-hybridized carbons (Fsp3) is 0.167. The van der Waals surface area contributed by atoms with Crippen LogP contribution in [0.5, 0.6) is 0 Å². The fourth-order valence-corrected chi connectivity index (χ4v) is 1.11. The summed E-state index contributed by atoms with van der Waals surface area (Å²) in [5, 5.41) is 0.876. The second kappa shape index (κ2) is 3.81. The van der Waals surface area contributed by atoms with Crippen LogP contribution in [0.2, 0.25) is 0 Å². The molecule has 0 aliphatic carbocycles. The van der Waals surface area contributed by atoms with E-state index in [1.54, 1.807) is 6.20 Å². The van der Waals surface area contributed by atoms with Crippen molar-refractivity contribution < 1.29 is 0 Å². The zero-order chi connectivity index (χ0) is 7.40. The Morgan fingerprint density at radius 1 is 1.60 bits per heavy atom. The largest absolute Gasteiger partial charge is 0.248 e. The summed E-state index contributed by atoms with van der Waals surface area (Å²) in [4.78, 5) is 4.08. The molecule has 0 saturated carbocycles. The van der Waals surface area contributed by atoms with Crippen molar-refractivity contribution in [2.75, 3.05) is 0 Å². The quantitative estimate of drug-likeness (QED) is 0.550. The highest BCUT2D eigenvalue weighted by molar-refractivity contribution is 7.98. The molecule has 1 N–H and O–H groups in total. The molecular formula is C6H7ClN2S. The molecule has 1 aromatic rings. The first-order valence-electron chi connectivity index (χ1n) is 2.78. The molecule has 1 aromatic heterocycles. The molecule has 1 rings (SSSR count). The lowest BCUT2D eigenvalue weighted by molar-refractivity contribution is 1.11. The topological polar surface area (TPSA) is 24.9 Å². The predicted octanol–water partition coefficient (Wildman–Crippen LogP) is 2.14. The van der Waals surface area contributed by atoms with E-state index in [0.29, 0.717) is 0 Å². The van der Waals surface area contributed by atoms with Crippen molar-refractivity contribution in [3.63, 3.8) is 0 Å². The number of aromatic nitrogens is 1. The first-order chi connectivity index (χ1) is 4.83. The number of rotatable bonds is 2. The molecule has 0 saturated heterocycles. The average molecular weight is 175 g/mol. The molecule has 0 atom stereocenters. The second-order valence-corrected chi connectivity index (χ2v) is 3.09. The van der Waals surface area contributed by atoms with E-state index in [-0.39, 0.29) is 0 Å². The van der Waals surface area contributed by atoms with E-state index in [0.717, 1.165) is 10.6 Å². The summed E-state index contributed by atoms with van der Waals surface area (Å²) < 4.78 is 2.43. The number of hydrogen-bond donors (Lipinski definition) is 1. The number of nitrogens with one attached hydrogen (secondary N) is 1. The van der Waals surface area contributed by atoms with Crippen LogP contribution in [0.4, 0.5) is 0 Å². The smallest absolute Gasteiger partial charge is 0.112 e. The number of nitrogens with zero attached hydrogens (tertiary/aromatic N) is 1. The predicted molar refractivity (Wildman–Crippen MR) is 43.8 cm³/mol. The van der Waals surface area contributed by atoms with Gasteiger partial charge >= 0.3 is 0 Å². The van der Waals surface area contributed by atoms with Crippen molar-refractivity contribution in [1.29, 1.82) is 0 Å². The maximum absolute atomic E-state index is 5.25. The van der Waals surface area contributed by atoms with Crippen LogP contribution in [0.1, 0.15) is 5.56 Å². The molecule has 0 radical (unpaired) electrons. The Labute approximate surface area is 69.2 Å². The molecule has 1 heterocycles. The Morgan fingerprint density at radius 2 is 2.40 bits per heavy atom. The van der Waals surface area contributed by atoms with Gasteiger partial charge < -0.3 is 0 Å². The van der Waals surface area contributed by atoms with Gasteiger partial charge in [0.05, 0.1) is 0 Å². The molecule has 54 valence electrons. The van der Waals surface area contributed by atoms with E-state index < -0.39 is 0 Å². The van der Waals surface area contributed by atoms with Gasteiger partial charge in [0.1, 0.15) is 5.03 Å². The molecule has 0 aromatic carbocycles. The lowest BCUT2D eigenvalue weighted by Crippen LogP contribution is -1.85. The molecule has 0 fully saturated rings. The minimum absolute atomic E-state index is 0.876. The summed E-state index contributed by atoms with van der Waals surface area (Å²) in [6, 6.07) is 3.90. The maximum atomic E-state index is 5.25. The lowest BCUT2D eigenvalue weighted by atomic mass is 10.3. The molecule has 2 nitrogen and oxygen atoms in total. The molecule has 4 heteroatoms. The minimum atomic E-state index is 0.876. The summed E-state index contributed by atoms with van der Waals surface area (Å²) in [5.74, 6) is 0. The zero-order valence-electron chi connectivity index (χ0n) is 5.47. The van der Waals surface area contributed by atoms with Crippen LogP contribution >= 0.6 is 23.7 Å². The number of hydrogen-bond acceptors (Lipinski definition) is 3. The first kappa shape index (κ1) is 7.85. The van der Waals surface area contributed by atoms with Gasteiger partial charge in [0, 0.05) is 6.20 Å². The molecule has 0 unspecified atom stereocenters. The molecule has 0 amide bonds. The number of pyridine rings is 1. The van der Waals surface area contributed by atoms with Crippen LogP contribution in [0.3, 0.4) is 0 Å². The molecule has 0 bridgehead atoms. The van der Waals surface area contributed by atoms with Crippen LogP contribution in [0, 0.1) is 6.92 Å². The fourth-order valence-electron chi connectivity index (χ4n) is 0.554. The van der Waals surface area contributed by atoms with Crippen molar-refractivity contribution in [3.05, 3.63) is 23.9 Å². The van der Waals surface area contributed by atoms with Crippen molar-refractivity contribution in [2.24, 2.45) is 0 Å². The highest BCUT2D eigenvalue weighted by Crippen LogP contribution is 2.11. The van der Waals surface area contributed by atoms with Gasteiger partial charge in [-0.15, -0.1) is 0 Å². The SMILES string of the molecule is Cc1ccc(SNCl)nc1. The normalized spacial score (nSPS) is 9.80. The summed E-state index contributed by atoms with van der Waals surface area (Å²) >= 11 is 6.54. The second-order valence-electron chi connectivity index (χ2n) is 1.85. The van der Waals surface area contributed by atoms with E-state index in [1.807, 2.05) is 19.1 Å². The Morgan fingerprint density at radius 3 is 2.90 bits per heavy atom. The van der Waals surface area contributed by atoms with Gasteiger partial charge in [0.15, 0.2) is 0 Å². The number of aryl methyl sites for hydroxylation is 1. The Balaban J connectivity index is 2.69. The number of halogens is 1. The molecular weight excluding hydrogens is 168 g/mol. The van der Waals surface area contributed by atoms with E-state index in [9.17, 15) is 0 Å². The van der Waals surface area contributed by atoms with Crippen LogP contribution in [-0.4, -0.2) is 4.98 Å². The molecule has 10 heavy (non-hydrogen) atoms. The van der Waals surface area contributed by atoms with E-state index in [2.05, 4.69) is 9.23 Å². The zero-order valence-corrected chi connectivity index (χ0v) is 7.04. The van der Waals surface area contributed by atoms with Gasteiger partial charge in [-0.25, -0.2) is 4.98 Å². The summed E-state index contributed by atoms with van der Waals surface area (Å²) in [6.07, 6.45) is 1.80. The molecule has 0 spiro atoms. The minimum Gasteiger partial charge on any atom is -0.248 e. The molecule has 0 aliphatic rings. The van der Waals surface area contributed by atoms with Gasteiger partial charge in [0.2, 0.25) is 0 Å². The standard InChI is InChI=1S/C6H7ClN2S/c1-5-2-3-6(8-4-5)10-9-7/h2-4,9H,1H3. The molecule has 0 aliphatic heterocycles. The van der Waals surface area contributed by atoms with Gasteiger partial charge in [-0.1, -0.05) is 6.07 Å². The van der Waals surface area contributed by atoms with E-state index in [1.165, 1.54) is 11.9 Å². The monoisotopic (exact) mass is 174 g/mol. The third-order valence-electron chi connectivity index (χ3n) is 1.03. The van der Waals surface area contributed by atoms with Crippen LogP contribution in [0.15, 0.2) is 23.4 Å². The highest BCUT2D eigenvalue weighted by atomic mass is 35.5. The van der Waals surface area contributed by atoms with Gasteiger partial charge in [-0.2, -0.15) is 4.24 Å². The Kier molecular flexibility index (Phi) is 2.99. The van der Waals surface area contributed by atoms with Crippen molar-refractivity contribution in [1.82, 2.24) is 9.23 Å². The van der Waals surface area contributed by atoms with Crippen molar-refractivity contribution >= 4 is 23.7 Å². The first-order valence-corrected chi connectivity index (χ1v) is 3.97. The van der Waals surface area contributed by atoms with Gasteiger partial charge in [-0.05, 0) is 42.3 Å². The third-order valence-corrected chi connectivity index (χ3v) is 1.79. The summed E-state index contributed by atoms with van der Waals surface area (Å²) in [7, 11) is 0. The summed E-state index contributed by atoms with van der Waals surface area (Å²) in [5.41, 5.74) is 1.15. The van der Waals surface area contributed by atoms with Gasteiger partial charge in [-0.3, -0.25) is 0 Å². The Hall–Kier alpha value is -0.250. The van der Waals surface area contributed by atoms with Crippen molar-refractivity contribution in [3.8, 4) is 0 Å². The van der Waals surface area contributed by atoms with Crippen LogP contribution in [0.25, 0.3) is 0 Å². The van der Waals surface area contributed by atoms with E-state index in [4.69, 9.17) is 11.8 Å². The maximum Gasteiger partial charge on any atom is 0.112 e. The average Bonchev–Trinajstić information content (AvgIpc) is 1.95. The van der Waals surface area contributed by atoms with E-state index >= 15 is 0 Å². The highest BCUT2D eigenvalue weighted by Gasteiger charge is 1.90. The summed E-state index contributed by atoms with van der Waals surface area (Å²) in [6.45, 7) is 2.00. The van der Waals surface area contributed by atoms with Crippen LogP contribution in [-0.2, 0) is 0 Å². The van der Waals surface area contributed by atoms with Crippen LogP contribution < -0.4 is 4.24 Å². The third kappa shape index (κ3) is 2.17. The van der Waals surface area contributed by atoms with Crippen molar-refractivity contribution in [2.45, 2.75) is 11.9 Å². The Bertz CT molecular complexity index is 199. The lowest BCUT2D eigenvalue weighted by Gasteiger charge is -1.95.